The fourth-order valence-corrected chi connectivity index (χ4v) is 4.24. The molecule has 1 N–H and O–H groups in total. The van der Waals surface area contributed by atoms with E-state index in [1.165, 1.54) is 10.3 Å². The van der Waals surface area contributed by atoms with Gasteiger partial charge in [0, 0.05) is 11.3 Å². The summed E-state index contributed by atoms with van der Waals surface area (Å²) in [6.07, 6.45) is -0.599. The van der Waals surface area contributed by atoms with Gasteiger partial charge in [-0.25, -0.2) is 4.98 Å². The fourth-order valence-electron chi connectivity index (χ4n) is 3.17. The summed E-state index contributed by atoms with van der Waals surface area (Å²) in [4.78, 5) is 17.3. The van der Waals surface area contributed by atoms with Gasteiger partial charge in [0.05, 0.1) is 10.2 Å². The Morgan fingerprint density at radius 2 is 1.67 bits per heavy atom. The van der Waals surface area contributed by atoms with Crippen molar-refractivity contribution in [1.82, 2.24) is 4.98 Å². The maximum Gasteiger partial charge on any atom is 0.265 e. The average molecular weight is 417 g/mol. The zero-order valence-corrected chi connectivity index (χ0v) is 18.3. The molecule has 0 fully saturated rings. The Morgan fingerprint density at radius 1 is 0.967 bits per heavy atom. The van der Waals surface area contributed by atoms with E-state index in [2.05, 4.69) is 30.4 Å². The number of aryl methyl sites for hydroxylation is 3. The summed E-state index contributed by atoms with van der Waals surface area (Å²) < 4.78 is 7.06. The molecule has 152 valence electrons. The maximum atomic E-state index is 12.6. The van der Waals surface area contributed by atoms with Gasteiger partial charge in [0.15, 0.2) is 6.10 Å². The van der Waals surface area contributed by atoms with Gasteiger partial charge in [-0.3, -0.25) is 4.79 Å². The summed E-state index contributed by atoms with van der Waals surface area (Å²) in [5.74, 6) is 0.554. The third kappa shape index (κ3) is 4.36. The SMILES string of the molecule is Cc1ccc(C)c(OC(C)C(=O)Nc2ccc(-c3nc4ccc(C)cc4s3)cc2)c1. The molecule has 0 saturated carbocycles. The quantitative estimate of drug-likeness (QED) is 0.416. The number of thiazole rings is 1. The summed E-state index contributed by atoms with van der Waals surface area (Å²) in [5, 5.41) is 3.90. The second kappa shape index (κ2) is 8.28. The van der Waals surface area contributed by atoms with E-state index >= 15 is 0 Å². The third-order valence-electron chi connectivity index (χ3n) is 4.96. The Morgan fingerprint density at radius 3 is 2.43 bits per heavy atom. The minimum absolute atomic E-state index is 0.181. The van der Waals surface area contributed by atoms with Crippen molar-refractivity contribution < 1.29 is 9.53 Å². The number of ether oxygens (including phenoxy) is 1. The molecule has 5 heteroatoms. The predicted molar refractivity (Wildman–Crippen MR) is 124 cm³/mol. The molecule has 4 rings (SSSR count). The number of carbonyl (C=O) groups excluding carboxylic acids is 1. The minimum Gasteiger partial charge on any atom is -0.481 e. The first kappa shape index (κ1) is 20.1. The largest absolute Gasteiger partial charge is 0.481 e. The molecule has 30 heavy (non-hydrogen) atoms. The van der Waals surface area contributed by atoms with E-state index in [1.54, 1.807) is 18.3 Å². The molecule has 1 aromatic heterocycles. The van der Waals surface area contributed by atoms with Gasteiger partial charge < -0.3 is 10.1 Å². The lowest BCUT2D eigenvalue weighted by Gasteiger charge is -2.17. The second-order valence-corrected chi connectivity index (χ2v) is 8.62. The number of aromatic nitrogens is 1. The number of amides is 1. The van der Waals surface area contributed by atoms with Crippen molar-refractivity contribution in [2.24, 2.45) is 0 Å². The molecule has 0 aliphatic carbocycles. The van der Waals surface area contributed by atoms with Gasteiger partial charge in [-0.2, -0.15) is 0 Å². The van der Waals surface area contributed by atoms with Crippen molar-refractivity contribution in [2.75, 3.05) is 5.32 Å². The average Bonchev–Trinajstić information content (AvgIpc) is 3.14. The highest BCUT2D eigenvalue weighted by atomic mass is 32.1. The Labute approximate surface area is 180 Å². The van der Waals surface area contributed by atoms with Crippen molar-refractivity contribution in [3.05, 3.63) is 77.4 Å². The molecule has 1 amide bonds. The molecule has 1 atom stereocenters. The van der Waals surface area contributed by atoms with Gasteiger partial charge in [0.25, 0.3) is 5.91 Å². The highest BCUT2D eigenvalue weighted by Gasteiger charge is 2.16. The zero-order chi connectivity index (χ0) is 21.3. The Balaban J connectivity index is 1.44. The standard InChI is InChI=1S/C25H24N2O2S/c1-15-5-7-17(3)22(13-15)29-18(4)24(28)26-20-10-8-19(9-11-20)25-27-21-12-6-16(2)14-23(21)30-25/h5-14,18H,1-4H3,(H,26,28). The summed E-state index contributed by atoms with van der Waals surface area (Å²) in [6.45, 7) is 7.82. The van der Waals surface area contributed by atoms with E-state index in [0.717, 1.165) is 38.7 Å². The second-order valence-electron chi connectivity index (χ2n) is 7.59. The molecular weight excluding hydrogens is 392 g/mol. The molecular formula is C25H24N2O2S. The van der Waals surface area contributed by atoms with E-state index in [9.17, 15) is 4.79 Å². The number of hydrogen-bond donors (Lipinski definition) is 1. The highest BCUT2D eigenvalue weighted by Crippen LogP contribution is 2.31. The summed E-state index contributed by atoms with van der Waals surface area (Å²) in [5.41, 5.74) is 6.12. The van der Waals surface area contributed by atoms with Crippen LogP contribution in [-0.4, -0.2) is 17.0 Å². The minimum atomic E-state index is -0.599. The first-order valence-electron chi connectivity index (χ1n) is 9.91. The topological polar surface area (TPSA) is 51.2 Å². The van der Waals surface area contributed by atoms with Crippen molar-refractivity contribution >= 4 is 33.1 Å². The highest BCUT2D eigenvalue weighted by molar-refractivity contribution is 7.21. The van der Waals surface area contributed by atoms with Gasteiger partial charge in [-0.05, 0) is 86.8 Å². The molecule has 1 unspecified atom stereocenters. The van der Waals surface area contributed by atoms with Crippen LogP contribution in [0.5, 0.6) is 5.75 Å². The Bertz CT molecular complexity index is 1210. The lowest BCUT2D eigenvalue weighted by atomic mass is 10.1. The van der Waals surface area contributed by atoms with Crippen molar-refractivity contribution in [2.45, 2.75) is 33.8 Å². The lowest BCUT2D eigenvalue weighted by molar-refractivity contribution is -0.122. The van der Waals surface area contributed by atoms with Crippen LogP contribution in [0.15, 0.2) is 60.7 Å². The van der Waals surface area contributed by atoms with Crippen LogP contribution in [0.2, 0.25) is 0 Å². The van der Waals surface area contributed by atoms with E-state index in [0.29, 0.717) is 0 Å². The number of benzene rings is 3. The van der Waals surface area contributed by atoms with Crippen molar-refractivity contribution in [1.29, 1.82) is 0 Å². The molecule has 0 spiro atoms. The van der Waals surface area contributed by atoms with Crippen LogP contribution in [-0.2, 0) is 4.79 Å². The first-order chi connectivity index (χ1) is 14.4. The number of hydrogen-bond acceptors (Lipinski definition) is 4. The number of nitrogens with one attached hydrogen (secondary N) is 1. The number of carbonyl (C=O) groups is 1. The molecule has 0 aliphatic rings. The molecule has 0 saturated heterocycles. The molecule has 4 nitrogen and oxygen atoms in total. The smallest absolute Gasteiger partial charge is 0.265 e. The van der Waals surface area contributed by atoms with Crippen LogP contribution < -0.4 is 10.1 Å². The summed E-state index contributed by atoms with van der Waals surface area (Å²) in [7, 11) is 0. The number of nitrogens with zero attached hydrogens (tertiary/aromatic N) is 1. The molecule has 0 radical (unpaired) electrons. The van der Waals surface area contributed by atoms with Crippen LogP contribution in [0.4, 0.5) is 5.69 Å². The van der Waals surface area contributed by atoms with Gasteiger partial charge in [-0.1, -0.05) is 18.2 Å². The molecule has 1 heterocycles. The van der Waals surface area contributed by atoms with Crippen molar-refractivity contribution in [3.63, 3.8) is 0 Å². The van der Waals surface area contributed by atoms with E-state index in [4.69, 9.17) is 9.72 Å². The maximum absolute atomic E-state index is 12.6. The molecule has 3 aromatic carbocycles. The first-order valence-corrected chi connectivity index (χ1v) is 10.7. The van der Waals surface area contributed by atoms with Crippen molar-refractivity contribution in [3.8, 4) is 16.3 Å². The van der Waals surface area contributed by atoms with Gasteiger partial charge in [-0.15, -0.1) is 11.3 Å². The summed E-state index contributed by atoms with van der Waals surface area (Å²) >= 11 is 1.67. The fraction of sp³-hybridized carbons (Fsp3) is 0.200. The van der Waals surface area contributed by atoms with E-state index in [-0.39, 0.29) is 5.91 Å². The van der Waals surface area contributed by atoms with Crippen LogP contribution in [0.3, 0.4) is 0 Å². The monoisotopic (exact) mass is 416 g/mol. The lowest BCUT2D eigenvalue weighted by Crippen LogP contribution is -2.30. The normalized spacial score (nSPS) is 12.0. The van der Waals surface area contributed by atoms with Gasteiger partial charge >= 0.3 is 0 Å². The van der Waals surface area contributed by atoms with Gasteiger partial charge in [0.1, 0.15) is 10.8 Å². The molecule has 4 aromatic rings. The van der Waals surface area contributed by atoms with Crippen LogP contribution >= 0.6 is 11.3 Å². The van der Waals surface area contributed by atoms with Gasteiger partial charge in [0.2, 0.25) is 0 Å². The number of fused-ring (bicyclic) bond motifs is 1. The Kier molecular flexibility index (Phi) is 5.55. The zero-order valence-electron chi connectivity index (χ0n) is 17.5. The molecule has 0 aliphatic heterocycles. The summed E-state index contributed by atoms with van der Waals surface area (Å²) in [6, 6.07) is 20.0. The van der Waals surface area contributed by atoms with Crippen LogP contribution in [0.1, 0.15) is 23.6 Å². The number of rotatable bonds is 5. The predicted octanol–water partition coefficient (Wildman–Crippen LogP) is 6.29. The van der Waals surface area contributed by atoms with Crippen LogP contribution in [0.25, 0.3) is 20.8 Å². The van der Waals surface area contributed by atoms with E-state index in [1.807, 2.05) is 56.3 Å². The third-order valence-corrected chi connectivity index (χ3v) is 6.03. The van der Waals surface area contributed by atoms with Crippen LogP contribution in [0, 0.1) is 20.8 Å². The Hall–Kier alpha value is -3.18. The molecule has 0 bridgehead atoms. The number of anilines is 1. The van der Waals surface area contributed by atoms with E-state index < -0.39 is 6.10 Å².